The normalized spacial score (nSPS) is 10.2. The van der Waals surface area contributed by atoms with Gasteiger partial charge in [0.25, 0.3) is 0 Å². The zero-order valence-corrected chi connectivity index (χ0v) is 8.57. The number of methoxy groups -OCH3 is 1. The average molecular weight is 203 g/mol. The standard InChI is InChI=1S/C12H13NO2/c1-14-11-6-2-4-9(12(11)13)8-10-5-3-7-15-10/h2-7H,8,13H2,1H3. The lowest BCUT2D eigenvalue weighted by Crippen LogP contribution is -1.98. The summed E-state index contributed by atoms with van der Waals surface area (Å²) in [6.07, 6.45) is 2.35. The quantitative estimate of drug-likeness (QED) is 0.779. The molecule has 0 bridgehead atoms. The Bertz CT molecular complexity index is 435. The molecule has 2 aromatic rings. The number of para-hydroxylation sites is 1. The minimum Gasteiger partial charge on any atom is -0.495 e. The number of benzene rings is 1. The summed E-state index contributed by atoms with van der Waals surface area (Å²) in [4.78, 5) is 0. The summed E-state index contributed by atoms with van der Waals surface area (Å²) in [5.74, 6) is 1.61. The van der Waals surface area contributed by atoms with E-state index in [-0.39, 0.29) is 0 Å². The maximum absolute atomic E-state index is 5.94. The molecule has 1 heterocycles. The Morgan fingerprint density at radius 2 is 2.13 bits per heavy atom. The Morgan fingerprint density at radius 3 is 2.80 bits per heavy atom. The first-order chi connectivity index (χ1) is 7.31. The third kappa shape index (κ3) is 1.96. The van der Waals surface area contributed by atoms with Gasteiger partial charge < -0.3 is 14.9 Å². The van der Waals surface area contributed by atoms with Crippen LogP contribution in [0.2, 0.25) is 0 Å². The molecule has 0 aliphatic carbocycles. The predicted octanol–water partition coefficient (Wildman–Crippen LogP) is 2.46. The van der Waals surface area contributed by atoms with Crippen molar-refractivity contribution in [3.8, 4) is 5.75 Å². The fraction of sp³-hybridized carbons (Fsp3) is 0.167. The van der Waals surface area contributed by atoms with Gasteiger partial charge in [-0.2, -0.15) is 0 Å². The van der Waals surface area contributed by atoms with Crippen molar-refractivity contribution in [2.75, 3.05) is 12.8 Å². The summed E-state index contributed by atoms with van der Waals surface area (Å²) in [6, 6.07) is 9.54. The van der Waals surface area contributed by atoms with Gasteiger partial charge in [0.15, 0.2) is 0 Å². The highest BCUT2D eigenvalue weighted by molar-refractivity contribution is 5.59. The molecule has 0 saturated heterocycles. The molecule has 2 rings (SSSR count). The van der Waals surface area contributed by atoms with E-state index in [1.807, 2.05) is 30.3 Å². The van der Waals surface area contributed by atoms with Gasteiger partial charge in [-0.05, 0) is 23.8 Å². The van der Waals surface area contributed by atoms with E-state index in [2.05, 4.69) is 0 Å². The Kier molecular flexibility index (Phi) is 2.63. The van der Waals surface area contributed by atoms with Crippen molar-refractivity contribution in [2.45, 2.75) is 6.42 Å². The molecular formula is C12H13NO2. The lowest BCUT2D eigenvalue weighted by molar-refractivity contribution is 0.416. The van der Waals surface area contributed by atoms with E-state index in [1.165, 1.54) is 0 Å². The first-order valence-corrected chi connectivity index (χ1v) is 4.75. The van der Waals surface area contributed by atoms with Crippen molar-refractivity contribution in [2.24, 2.45) is 0 Å². The molecule has 2 N–H and O–H groups in total. The van der Waals surface area contributed by atoms with E-state index >= 15 is 0 Å². The zero-order chi connectivity index (χ0) is 10.7. The van der Waals surface area contributed by atoms with Crippen molar-refractivity contribution in [1.29, 1.82) is 0 Å². The third-order valence-electron chi connectivity index (χ3n) is 2.32. The van der Waals surface area contributed by atoms with E-state index in [0.717, 1.165) is 11.3 Å². The summed E-state index contributed by atoms with van der Waals surface area (Å²) in [6.45, 7) is 0. The fourth-order valence-corrected chi connectivity index (χ4v) is 1.52. The van der Waals surface area contributed by atoms with Crippen LogP contribution in [0, 0.1) is 0 Å². The molecule has 0 atom stereocenters. The van der Waals surface area contributed by atoms with Gasteiger partial charge in [-0.25, -0.2) is 0 Å². The first kappa shape index (κ1) is 9.65. The molecule has 1 aromatic heterocycles. The van der Waals surface area contributed by atoms with Crippen molar-refractivity contribution >= 4 is 5.69 Å². The predicted molar refractivity (Wildman–Crippen MR) is 58.9 cm³/mol. The van der Waals surface area contributed by atoms with Crippen LogP contribution in [-0.2, 0) is 6.42 Å². The lowest BCUT2D eigenvalue weighted by Gasteiger charge is -2.08. The van der Waals surface area contributed by atoms with Gasteiger partial charge >= 0.3 is 0 Å². The molecule has 0 radical (unpaired) electrons. The highest BCUT2D eigenvalue weighted by atomic mass is 16.5. The van der Waals surface area contributed by atoms with Crippen LogP contribution in [-0.4, -0.2) is 7.11 Å². The van der Waals surface area contributed by atoms with Gasteiger partial charge in [0.05, 0.1) is 19.1 Å². The Labute approximate surface area is 88.5 Å². The van der Waals surface area contributed by atoms with Crippen LogP contribution < -0.4 is 10.5 Å². The second-order valence-electron chi connectivity index (χ2n) is 3.29. The van der Waals surface area contributed by atoms with E-state index in [9.17, 15) is 0 Å². The number of nitrogen functional groups attached to an aromatic ring is 1. The minimum atomic E-state index is 0.677. The topological polar surface area (TPSA) is 48.4 Å². The number of hydrogen-bond donors (Lipinski definition) is 1. The molecule has 0 spiro atoms. The number of nitrogens with two attached hydrogens (primary N) is 1. The molecule has 0 fully saturated rings. The molecule has 0 amide bonds. The highest BCUT2D eigenvalue weighted by Crippen LogP contribution is 2.26. The van der Waals surface area contributed by atoms with Gasteiger partial charge in [0.1, 0.15) is 11.5 Å². The van der Waals surface area contributed by atoms with Crippen molar-refractivity contribution in [3.05, 3.63) is 47.9 Å². The first-order valence-electron chi connectivity index (χ1n) is 4.75. The minimum absolute atomic E-state index is 0.677. The zero-order valence-electron chi connectivity index (χ0n) is 8.57. The molecular weight excluding hydrogens is 190 g/mol. The maximum Gasteiger partial charge on any atom is 0.142 e. The largest absolute Gasteiger partial charge is 0.495 e. The maximum atomic E-state index is 5.94. The third-order valence-corrected chi connectivity index (χ3v) is 2.32. The van der Waals surface area contributed by atoms with Crippen LogP contribution >= 0.6 is 0 Å². The van der Waals surface area contributed by atoms with E-state index in [0.29, 0.717) is 17.9 Å². The summed E-state index contributed by atoms with van der Waals surface area (Å²) in [5, 5.41) is 0. The smallest absolute Gasteiger partial charge is 0.142 e. The average Bonchev–Trinajstić information content (AvgIpc) is 2.74. The van der Waals surface area contributed by atoms with Crippen LogP contribution in [0.4, 0.5) is 5.69 Å². The molecule has 15 heavy (non-hydrogen) atoms. The van der Waals surface area contributed by atoms with E-state index < -0.39 is 0 Å². The number of rotatable bonds is 3. The van der Waals surface area contributed by atoms with Gasteiger partial charge in [0.2, 0.25) is 0 Å². The van der Waals surface area contributed by atoms with Crippen LogP contribution in [0.5, 0.6) is 5.75 Å². The Morgan fingerprint density at radius 1 is 1.27 bits per heavy atom. The van der Waals surface area contributed by atoms with Crippen LogP contribution in [0.25, 0.3) is 0 Å². The monoisotopic (exact) mass is 203 g/mol. The number of hydrogen-bond acceptors (Lipinski definition) is 3. The van der Waals surface area contributed by atoms with Crippen LogP contribution in [0.1, 0.15) is 11.3 Å². The molecule has 3 heteroatoms. The van der Waals surface area contributed by atoms with Gasteiger partial charge in [0, 0.05) is 6.42 Å². The molecule has 0 aliphatic heterocycles. The lowest BCUT2D eigenvalue weighted by atomic mass is 10.1. The molecule has 0 unspecified atom stereocenters. The van der Waals surface area contributed by atoms with Crippen LogP contribution in [0.15, 0.2) is 41.0 Å². The van der Waals surface area contributed by atoms with Gasteiger partial charge in [-0.3, -0.25) is 0 Å². The SMILES string of the molecule is COc1cccc(Cc2ccco2)c1N. The number of anilines is 1. The molecule has 1 aromatic carbocycles. The van der Waals surface area contributed by atoms with E-state index in [1.54, 1.807) is 13.4 Å². The highest BCUT2D eigenvalue weighted by Gasteiger charge is 2.06. The van der Waals surface area contributed by atoms with Gasteiger partial charge in [-0.1, -0.05) is 12.1 Å². The fourth-order valence-electron chi connectivity index (χ4n) is 1.52. The molecule has 0 aliphatic rings. The summed E-state index contributed by atoms with van der Waals surface area (Å²) < 4.78 is 10.4. The van der Waals surface area contributed by atoms with Crippen molar-refractivity contribution in [3.63, 3.8) is 0 Å². The second kappa shape index (κ2) is 4.09. The Balaban J connectivity index is 2.29. The van der Waals surface area contributed by atoms with Crippen molar-refractivity contribution in [1.82, 2.24) is 0 Å². The number of furan rings is 1. The van der Waals surface area contributed by atoms with Crippen LogP contribution in [0.3, 0.4) is 0 Å². The molecule has 0 saturated carbocycles. The summed E-state index contributed by atoms with van der Waals surface area (Å²) in [7, 11) is 1.61. The number of ether oxygens (including phenoxy) is 1. The van der Waals surface area contributed by atoms with E-state index in [4.69, 9.17) is 14.9 Å². The Hall–Kier alpha value is -1.90. The second-order valence-corrected chi connectivity index (χ2v) is 3.29. The molecule has 3 nitrogen and oxygen atoms in total. The summed E-state index contributed by atoms with van der Waals surface area (Å²) >= 11 is 0. The molecule has 78 valence electrons. The van der Waals surface area contributed by atoms with Gasteiger partial charge in [-0.15, -0.1) is 0 Å². The summed E-state index contributed by atoms with van der Waals surface area (Å²) in [5.41, 5.74) is 7.64. The van der Waals surface area contributed by atoms with Crippen molar-refractivity contribution < 1.29 is 9.15 Å².